The number of benzene rings is 1. The van der Waals surface area contributed by atoms with E-state index in [1.165, 1.54) is 0 Å². The summed E-state index contributed by atoms with van der Waals surface area (Å²) in [6, 6.07) is 7.83. The summed E-state index contributed by atoms with van der Waals surface area (Å²) in [7, 11) is 3.48. The lowest BCUT2D eigenvalue weighted by Crippen LogP contribution is -2.04. The van der Waals surface area contributed by atoms with Gasteiger partial charge in [-0.2, -0.15) is 0 Å². The summed E-state index contributed by atoms with van der Waals surface area (Å²) in [6.45, 7) is 1.38. The summed E-state index contributed by atoms with van der Waals surface area (Å²) >= 11 is 5.86. The minimum atomic E-state index is 0.510. The second-order valence-corrected chi connectivity index (χ2v) is 3.48. The summed E-state index contributed by atoms with van der Waals surface area (Å²) < 4.78 is 4.55. The Labute approximate surface area is 102 Å². The number of halogens is 1. The van der Waals surface area contributed by atoms with Gasteiger partial charge >= 0.3 is 0 Å². The maximum absolute atomic E-state index is 9.48. The maximum Gasteiger partial charge on any atom is 0.122 e. The van der Waals surface area contributed by atoms with Gasteiger partial charge in [-0.15, -0.1) is 0 Å². The predicted octanol–water partition coefficient (Wildman–Crippen LogP) is 2.28. The van der Waals surface area contributed by atoms with Crippen molar-refractivity contribution in [2.75, 3.05) is 20.8 Å². The summed E-state index contributed by atoms with van der Waals surface area (Å²) in [5.41, 5.74) is 1.15. The third kappa shape index (κ3) is 7.40. The Morgan fingerprint density at radius 2 is 2.12 bits per heavy atom. The number of aldehydes is 1. The first kappa shape index (κ1) is 15.1. The number of hydrogen-bond donors (Lipinski definition) is 1. The van der Waals surface area contributed by atoms with E-state index in [1.54, 1.807) is 7.11 Å². The van der Waals surface area contributed by atoms with Crippen LogP contribution in [0, 0.1) is 0 Å². The van der Waals surface area contributed by atoms with Gasteiger partial charge < -0.3 is 14.8 Å². The predicted molar refractivity (Wildman–Crippen MR) is 66.8 cm³/mol. The van der Waals surface area contributed by atoms with E-state index >= 15 is 0 Å². The van der Waals surface area contributed by atoms with E-state index < -0.39 is 0 Å². The van der Waals surface area contributed by atoms with Gasteiger partial charge in [0.15, 0.2) is 0 Å². The van der Waals surface area contributed by atoms with Gasteiger partial charge in [0.1, 0.15) is 6.29 Å². The zero-order valence-corrected chi connectivity index (χ0v) is 10.5. The SMILES string of the molecule is CNCc1ccccc1Cl.COCCC=O. The standard InChI is InChI=1S/C8H10ClN.C4H8O2/c1-10-6-7-4-2-3-5-8(7)9;1-6-4-2-3-5/h2-5,10H,6H2,1H3;3H,2,4H2,1H3. The fraction of sp³-hybridized carbons (Fsp3) is 0.417. The van der Waals surface area contributed by atoms with Crippen molar-refractivity contribution in [2.45, 2.75) is 13.0 Å². The molecule has 0 saturated heterocycles. The third-order valence-corrected chi connectivity index (χ3v) is 2.13. The van der Waals surface area contributed by atoms with Crippen LogP contribution in [0.3, 0.4) is 0 Å². The maximum atomic E-state index is 9.48. The first-order chi connectivity index (χ1) is 7.76. The molecular weight excluding hydrogens is 226 g/mol. The summed E-state index contributed by atoms with van der Waals surface area (Å²) in [6.07, 6.45) is 1.35. The Morgan fingerprint density at radius 1 is 1.44 bits per heavy atom. The highest BCUT2D eigenvalue weighted by Crippen LogP contribution is 2.13. The molecule has 0 heterocycles. The molecule has 16 heavy (non-hydrogen) atoms. The zero-order chi connectivity index (χ0) is 12.2. The van der Waals surface area contributed by atoms with Crippen molar-refractivity contribution < 1.29 is 9.53 Å². The molecule has 0 aliphatic heterocycles. The molecule has 1 aromatic carbocycles. The number of rotatable bonds is 5. The van der Waals surface area contributed by atoms with Crippen molar-refractivity contribution in [3.05, 3.63) is 34.9 Å². The van der Waals surface area contributed by atoms with Crippen molar-refractivity contribution in [1.82, 2.24) is 5.32 Å². The minimum Gasteiger partial charge on any atom is -0.384 e. The number of hydrogen-bond acceptors (Lipinski definition) is 3. The van der Waals surface area contributed by atoms with E-state index in [9.17, 15) is 4.79 Å². The monoisotopic (exact) mass is 243 g/mol. The lowest BCUT2D eigenvalue weighted by molar-refractivity contribution is -0.108. The number of ether oxygens (including phenoxy) is 1. The highest BCUT2D eigenvalue weighted by Gasteiger charge is 1.94. The normalized spacial score (nSPS) is 9.19. The molecule has 4 heteroatoms. The molecule has 0 bridgehead atoms. The van der Waals surface area contributed by atoms with Crippen LogP contribution in [0.2, 0.25) is 5.02 Å². The molecular formula is C12H18ClNO2. The topological polar surface area (TPSA) is 38.3 Å². The second-order valence-electron chi connectivity index (χ2n) is 3.07. The van der Waals surface area contributed by atoms with E-state index in [0.717, 1.165) is 23.4 Å². The minimum absolute atomic E-state index is 0.510. The van der Waals surface area contributed by atoms with E-state index in [-0.39, 0.29) is 0 Å². The Hall–Kier alpha value is -0.900. The van der Waals surface area contributed by atoms with Gasteiger partial charge in [0.2, 0.25) is 0 Å². The zero-order valence-electron chi connectivity index (χ0n) is 9.70. The van der Waals surface area contributed by atoms with Crippen LogP contribution in [0.4, 0.5) is 0 Å². The van der Waals surface area contributed by atoms with Crippen molar-refractivity contribution in [2.24, 2.45) is 0 Å². The molecule has 1 N–H and O–H groups in total. The van der Waals surface area contributed by atoms with Crippen LogP contribution in [0.1, 0.15) is 12.0 Å². The molecule has 0 aromatic heterocycles. The van der Waals surface area contributed by atoms with E-state index in [1.807, 2.05) is 31.3 Å². The van der Waals surface area contributed by atoms with Crippen molar-refractivity contribution in [3.8, 4) is 0 Å². The Morgan fingerprint density at radius 3 is 2.56 bits per heavy atom. The molecule has 0 amide bonds. The summed E-state index contributed by atoms with van der Waals surface area (Å²) in [5.74, 6) is 0. The fourth-order valence-electron chi connectivity index (χ4n) is 0.998. The molecule has 0 unspecified atom stereocenters. The Bertz CT molecular complexity index is 292. The van der Waals surface area contributed by atoms with Gasteiger partial charge in [-0.05, 0) is 18.7 Å². The van der Waals surface area contributed by atoms with E-state index in [4.69, 9.17) is 11.6 Å². The van der Waals surface area contributed by atoms with E-state index in [2.05, 4.69) is 10.1 Å². The Balaban J connectivity index is 0.000000325. The number of methoxy groups -OCH3 is 1. The third-order valence-electron chi connectivity index (χ3n) is 1.76. The molecule has 0 radical (unpaired) electrons. The smallest absolute Gasteiger partial charge is 0.122 e. The molecule has 0 spiro atoms. The van der Waals surface area contributed by atoms with Crippen molar-refractivity contribution in [1.29, 1.82) is 0 Å². The van der Waals surface area contributed by atoms with Crippen LogP contribution < -0.4 is 5.32 Å². The number of carbonyl (C=O) groups excluding carboxylic acids is 1. The average Bonchev–Trinajstić information content (AvgIpc) is 2.31. The first-order valence-electron chi connectivity index (χ1n) is 5.06. The molecule has 1 rings (SSSR count). The van der Waals surface area contributed by atoms with Crippen molar-refractivity contribution in [3.63, 3.8) is 0 Å². The lowest BCUT2D eigenvalue weighted by atomic mass is 10.2. The molecule has 1 aromatic rings. The largest absolute Gasteiger partial charge is 0.384 e. The summed E-state index contributed by atoms with van der Waals surface area (Å²) in [5, 5.41) is 3.87. The van der Waals surface area contributed by atoms with Crippen LogP contribution in [0.15, 0.2) is 24.3 Å². The molecule has 0 atom stereocenters. The Kier molecular flexibility index (Phi) is 10.0. The second kappa shape index (κ2) is 10.6. The van der Waals surface area contributed by atoms with Crippen molar-refractivity contribution >= 4 is 17.9 Å². The van der Waals surface area contributed by atoms with Crippen LogP contribution in [0.5, 0.6) is 0 Å². The van der Waals surface area contributed by atoms with Gasteiger partial charge in [0, 0.05) is 25.1 Å². The number of nitrogens with one attached hydrogen (secondary N) is 1. The molecule has 0 fully saturated rings. The molecule has 3 nitrogen and oxygen atoms in total. The highest BCUT2D eigenvalue weighted by molar-refractivity contribution is 6.31. The van der Waals surface area contributed by atoms with Gasteiger partial charge in [0.05, 0.1) is 6.61 Å². The number of carbonyl (C=O) groups is 1. The lowest BCUT2D eigenvalue weighted by Gasteiger charge is -2.00. The summed E-state index contributed by atoms with van der Waals surface area (Å²) in [4.78, 5) is 9.48. The molecule has 0 aliphatic carbocycles. The molecule has 0 saturated carbocycles. The van der Waals surface area contributed by atoms with Gasteiger partial charge in [-0.3, -0.25) is 0 Å². The molecule has 0 aliphatic rings. The van der Waals surface area contributed by atoms with Crippen LogP contribution in [0.25, 0.3) is 0 Å². The molecule has 90 valence electrons. The quantitative estimate of drug-likeness (QED) is 0.637. The van der Waals surface area contributed by atoms with Crippen LogP contribution in [-0.4, -0.2) is 27.1 Å². The fourth-order valence-corrected chi connectivity index (χ4v) is 1.20. The van der Waals surface area contributed by atoms with E-state index in [0.29, 0.717) is 13.0 Å². The highest BCUT2D eigenvalue weighted by atomic mass is 35.5. The van der Waals surface area contributed by atoms with Gasteiger partial charge in [-0.25, -0.2) is 0 Å². The van der Waals surface area contributed by atoms with Crippen LogP contribution in [-0.2, 0) is 16.1 Å². The van der Waals surface area contributed by atoms with Crippen LogP contribution >= 0.6 is 11.6 Å². The first-order valence-corrected chi connectivity index (χ1v) is 5.44. The van der Waals surface area contributed by atoms with Gasteiger partial charge in [-0.1, -0.05) is 29.8 Å². The average molecular weight is 244 g/mol. The van der Waals surface area contributed by atoms with Gasteiger partial charge in [0.25, 0.3) is 0 Å².